The van der Waals surface area contributed by atoms with Gasteiger partial charge in [-0.05, 0) is 55.5 Å². The maximum Gasteiger partial charge on any atom is 0.319 e. The van der Waals surface area contributed by atoms with E-state index in [1.165, 1.54) is 6.92 Å². The monoisotopic (exact) mass is 457 g/mol. The van der Waals surface area contributed by atoms with Gasteiger partial charge in [-0.25, -0.2) is 13.6 Å². The van der Waals surface area contributed by atoms with Gasteiger partial charge in [0.05, 0.1) is 6.61 Å². The zero-order chi connectivity index (χ0) is 22.8. The van der Waals surface area contributed by atoms with E-state index in [0.29, 0.717) is 19.5 Å². The number of ether oxygens (including phenoxy) is 1. The first-order valence-electron chi connectivity index (χ1n) is 9.56. The van der Waals surface area contributed by atoms with Crippen LogP contribution in [0.1, 0.15) is 34.3 Å². The molecule has 0 bridgehead atoms. The molecule has 6 N–H and O–H groups in total. The van der Waals surface area contributed by atoms with Crippen LogP contribution < -0.4 is 26.4 Å². The van der Waals surface area contributed by atoms with Crippen molar-refractivity contribution in [3.63, 3.8) is 0 Å². The minimum atomic E-state index is -0.885. The largest absolute Gasteiger partial charge is 0.471 e. The fourth-order valence-corrected chi connectivity index (χ4v) is 3.28. The van der Waals surface area contributed by atoms with Crippen LogP contribution in [-0.4, -0.2) is 47.7 Å². The number of primary amides is 1. The number of anilines is 1. The molecule has 0 spiro atoms. The predicted molar refractivity (Wildman–Crippen MR) is 112 cm³/mol. The standard InChI is InChI=1S/C19H25F2N5O4S/c1-11-8-14(21)12(9-13(11)20)10-30-17-15(16(22)28)18(31-26-17)25-19(29)24-5-3-2-4-23-6-7-27/h8-9,23,27H,2-7,10H2,1H3,(H2,22,28)(H2,24,25,29). The molecule has 2 rings (SSSR count). The Balaban J connectivity index is 1.92. The van der Waals surface area contributed by atoms with Crippen molar-refractivity contribution in [3.8, 4) is 5.88 Å². The van der Waals surface area contributed by atoms with Gasteiger partial charge in [0.1, 0.15) is 28.8 Å². The van der Waals surface area contributed by atoms with Gasteiger partial charge in [-0.1, -0.05) is 0 Å². The number of aliphatic hydroxyl groups is 1. The number of urea groups is 1. The third-order valence-corrected chi connectivity index (χ3v) is 4.93. The molecule has 170 valence electrons. The fraction of sp³-hybridized carbons (Fsp3) is 0.421. The van der Waals surface area contributed by atoms with E-state index < -0.39 is 23.6 Å². The van der Waals surface area contributed by atoms with E-state index in [1.54, 1.807) is 0 Å². The first-order valence-corrected chi connectivity index (χ1v) is 10.3. The van der Waals surface area contributed by atoms with Crippen molar-refractivity contribution >= 4 is 28.5 Å². The molecule has 0 aliphatic rings. The van der Waals surface area contributed by atoms with E-state index in [4.69, 9.17) is 15.6 Å². The Hall–Kier alpha value is -2.83. The zero-order valence-corrected chi connectivity index (χ0v) is 17.8. The number of aromatic nitrogens is 1. The van der Waals surface area contributed by atoms with Gasteiger partial charge in [-0.15, -0.1) is 0 Å². The number of unbranched alkanes of at least 4 members (excludes halogenated alkanes) is 1. The number of nitrogens with one attached hydrogen (secondary N) is 3. The Morgan fingerprint density at radius 3 is 2.65 bits per heavy atom. The zero-order valence-electron chi connectivity index (χ0n) is 17.0. The molecule has 0 aliphatic heterocycles. The lowest BCUT2D eigenvalue weighted by molar-refractivity contribution is 0.0996. The molecule has 0 unspecified atom stereocenters. The minimum Gasteiger partial charge on any atom is -0.471 e. The molecule has 1 aromatic carbocycles. The molecular weight excluding hydrogens is 432 g/mol. The van der Waals surface area contributed by atoms with E-state index >= 15 is 0 Å². The van der Waals surface area contributed by atoms with Crippen LogP contribution in [0.5, 0.6) is 5.88 Å². The van der Waals surface area contributed by atoms with E-state index in [-0.39, 0.29) is 40.8 Å². The van der Waals surface area contributed by atoms with Crippen LogP contribution in [0.25, 0.3) is 0 Å². The SMILES string of the molecule is Cc1cc(F)c(COc2nsc(NC(=O)NCCCCNCCO)c2C(N)=O)cc1F. The third kappa shape index (κ3) is 7.42. The summed E-state index contributed by atoms with van der Waals surface area (Å²) in [5.74, 6) is -2.30. The summed E-state index contributed by atoms with van der Waals surface area (Å²) >= 11 is 0.781. The summed E-state index contributed by atoms with van der Waals surface area (Å²) in [6.45, 7) is 2.77. The molecule has 1 heterocycles. The van der Waals surface area contributed by atoms with Crippen molar-refractivity contribution in [1.82, 2.24) is 15.0 Å². The number of hydrogen-bond donors (Lipinski definition) is 5. The van der Waals surface area contributed by atoms with Gasteiger partial charge in [0.25, 0.3) is 5.91 Å². The van der Waals surface area contributed by atoms with Gasteiger partial charge in [-0.2, -0.15) is 4.37 Å². The molecule has 0 saturated carbocycles. The molecule has 1 aromatic heterocycles. The average Bonchev–Trinajstić information content (AvgIpc) is 3.11. The van der Waals surface area contributed by atoms with Crippen molar-refractivity contribution in [3.05, 3.63) is 40.5 Å². The quantitative estimate of drug-likeness (QED) is 0.309. The van der Waals surface area contributed by atoms with Crippen molar-refractivity contribution in [2.75, 3.05) is 31.6 Å². The van der Waals surface area contributed by atoms with Crippen LogP contribution in [-0.2, 0) is 6.61 Å². The Bertz CT molecular complexity index is 910. The number of rotatable bonds is 12. The van der Waals surface area contributed by atoms with Crippen molar-refractivity contribution in [1.29, 1.82) is 0 Å². The molecule has 0 saturated heterocycles. The number of hydrogen-bond acceptors (Lipinski definition) is 7. The van der Waals surface area contributed by atoms with E-state index in [9.17, 15) is 18.4 Å². The number of halogens is 2. The van der Waals surface area contributed by atoms with Crippen LogP contribution >= 0.6 is 11.5 Å². The van der Waals surface area contributed by atoms with Gasteiger partial charge >= 0.3 is 6.03 Å². The highest BCUT2D eigenvalue weighted by Crippen LogP contribution is 2.31. The smallest absolute Gasteiger partial charge is 0.319 e. The Kier molecular flexibility index (Phi) is 9.56. The summed E-state index contributed by atoms with van der Waals surface area (Å²) in [6.07, 6.45) is 1.52. The summed E-state index contributed by atoms with van der Waals surface area (Å²) < 4.78 is 36.9. The Morgan fingerprint density at radius 2 is 1.94 bits per heavy atom. The first-order chi connectivity index (χ1) is 14.8. The lowest BCUT2D eigenvalue weighted by Gasteiger charge is -2.09. The predicted octanol–water partition coefficient (Wildman–Crippen LogP) is 1.89. The molecule has 3 amide bonds. The van der Waals surface area contributed by atoms with Crippen molar-refractivity contribution < 1.29 is 28.2 Å². The topological polar surface area (TPSA) is 139 Å². The summed E-state index contributed by atoms with van der Waals surface area (Å²) in [5, 5.41) is 16.9. The highest BCUT2D eigenvalue weighted by atomic mass is 32.1. The maximum atomic E-state index is 14.0. The van der Waals surface area contributed by atoms with Crippen molar-refractivity contribution in [2.24, 2.45) is 5.73 Å². The Labute approximate surface area is 182 Å². The molecule has 12 heteroatoms. The molecule has 31 heavy (non-hydrogen) atoms. The second-order valence-corrected chi connectivity index (χ2v) is 7.37. The third-order valence-electron chi connectivity index (χ3n) is 4.18. The highest BCUT2D eigenvalue weighted by Gasteiger charge is 2.22. The number of nitrogens with zero attached hydrogens (tertiary/aromatic N) is 1. The number of nitrogens with two attached hydrogens (primary N) is 1. The van der Waals surface area contributed by atoms with Gasteiger partial charge in [0.15, 0.2) is 0 Å². The van der Waals surface area contributed by atoms with Crippen LogP contribution in [0, 0.1) is 18.6 Å². The van der Waals surface area contributed by atoms with Crippen LogP contribution in [0.2, 0.25) is 0 Å². The summed E-state index contributed by atoms with van der Waals surface area (Å²) in [7, 11) is 0. The van der Waals surface area contributed by atoms with Crippen LogP contribution in [0.15, 0.2) is 12.1 Å². The number of aryl methyl sites for hydroxylation is 1. The van der Waals surface area contributed by atoms with E-state index in [2.05, 4.69) is 20.3 Å². The first kappa shape index (κ1) is 24.4. The second kappa shape index (κ2) is 12.1. The molecule has 0 radical (unpaired) electrons. The maximum absolute atomic E-state index is 14.0. The van der Waals surface area contributed by atoms with Crippen LogP contribution in [0.3, 0.4) is 0 Å². The van der Waals surface area contributed by atoms with Gasteiger partial charge in [-0.3, -0.25) is 10.1 Å². The molecule has 0 aliphatic carbocycles. The number of amides is 3. The summed E-state index contributed by atoms with van der Waals surface area (Å²) in [5.41, 5.74) is 5.33. The van der Waals surface area contributed by atoms with Gasteiger partial charge < -0.3 is 26.2 Å². The summed E-state index contributed by atoms with van der Waals surface area (Å²) in [6, 6.07) is 1.50. The number of benzene rings is 1. The Morgan fingerprint density at radius 1 is 1.19 bits per heavy atom. The number of aliphatic hydroxyl groups excluding tert-OH is 1. The molecular formula is C19H25F2N5O4S. The fourth-order valence-electron chi connectivity index (χ4n) is 2.55. The highest BCUT2D eigenvalue weighted by molar-refractivity contribution is 7.11. The molecule has 2 aromatic rings. The molecule has 0 atom stereocenters. The van der Waals surface area contributed by atoms with Gasteiger partial charge in [0, 0.05) is 18.7 Å². The van der Waals surface area contributed by atoms with Gasteiger partial charge in [0.2, 0.25) is 5.88 Å². The minimum absolute atomic E-state index is 0.0488. The summed E-state index contributed by atoms with van der Waals surface area (Å²) in [4.78, 5) is 23.9. The van der Waals surface area contributed by atoms with Crippen molar-refractivity contribution in [2.45, 2.75) is 26.4 Å². The number of carbonyl (C=O) groups excluding carboxylic acids is 2. The normalized spacial score (nSPS) is 10.7. The second-order valence-electron chi connectivity index (χ2n) is 6.60. The lowest BCUT2D eigenvalue weighted by Crippen LogP contribution is -2.30. The molecule has 9 nitrogen and oxygen atoms in total. The average molecular weight is 458 g/mol. The van der Waals surface area contributed by atoms with E-state index in [0.717, 1.165) is 36.6 Å². The van der Waals surface area contributed by atoms with Crippen LogP contribution in [0.4, 0.5) is 18.6 Å². The van der Waals surface area contributed by atoms with E-state index in [1.807, 2.05) is 0 Å². The lowest BCUT2D eigenvalue weighted by atomic mass is 10.1. The molecule has 0 fully saturated rings. The number of carbonyl (C=O) groups is 2.